The molecule has 0 aliphatic rings. The lowest BCUT2D eigenvalue weighted by molar-refractivity contribution is 0.0901. The van der Waals surface area contributed by atoms with Crippen molar-refractivity contribution in [1.82, 2.24) is 4.90 Å². The molecule has 2 atom stereocenters. The standard InChI is InChI=1S/C17H22FNO2/c1-12(17(20)15-6-4-5-7-16(15)18)10-19(3)11-14-8-9-21-13(14)2/h4-9,12,17,20H,10-11H2,1-3H3. The van der Waals surface area contributed by atoms with Crippen molar-refractivity contribution in [1.29, 1.82) is 0 Å². The first kappa shape index (κ1) is 15.7. The Morgan fingerprint density at radius 3 is 2.62 bits per heavy atom. The Labute approximate surface area is 125 Å². The zero-order valence-corrected chi connectivity index (χ0v) is 12.7. The summed E-state index contributed by atoms with van der Waals surface area (Å²) in [6.45, 7) is 5.27. The van der Waals surface area contributed by atoms with Gasteiger partial charge in [0.15, 0.2) is 0 Å². The largest absolute Gasteiger partial charge is 0.469 e. The zero-order chi connectivity index (χ0) is 15.4. The van der Waals surface area contributed by atoms with E-state index in [-0.39, 0.29) is 11.7 Å². The summed E-state index contributed by atoms with van der Waals surface area (Å²) in [7, 11) is 1.98. The number of rotatable bonds is 6. The van der Waals surface area contributed by atoms with E-state index >= 15 is 0 Å². The molecule has 0 amide bonds. The van der Waals surface area contributed by atoms with Gasteiger partial charge in [-0.1, -0.05) is 25.1 Å². The number of aryl methyl sites for hydroxylation is 1. The lowest BCUT2D eigenvalue weighted by atomic mass is 9.96. The Kier molecular flexibility index (Phi) is 5.15. The van der Waals surface area contributed by atoms with Gasteiger partial charge in [0.1, 0.15) is 11.6 Å². The maximum Gasteiger partial charge on any atom is 0.129 e. The van der Waals surface area contributed by atoms with Crippen LogP contribution in [0.25, 0.3) is 0 Å². The molecule has 0 saturated carbocycles. The number of hydrogen-bond donors (Lipinski definition) is 1. The van der Waals surface area contributed by atoms with E-state index < -0.39 is 6.10 Å². The summed E-state index contributed by atoms with van der Waals surface area (Å²) in [5.74, 6) is 0.480. The molecular formula is C17H22FNO2. The van der Waals surface area contributed by atoms with Crippen LogP contribution < -0.4 is 0 Å². The smallest absolute Gasteiger partial charge is 0.129 e. The van der Waals surface area contributed by atoms with Gasteiger partial charge in [0.25, 0.3) is 0 Å². The van der Waals surface area contributed by atoms with Gasteiger partial charge < -0.3 is 14.4 Å². The predicted molar refractivity (Wildman–Crippen MR) is 80.3 cm³/mol. The molecule has 0 aliphatic carbocycles. The van der Waals surface area contributed by atoms with Crippen LogP contribution in [0.15, 0.2) is 41.0 Å². The van der Waals surface area contributed by atoms with Crippen molar-refractivity contribution in [3.63, 3.8) is 0 Å². The minimum atomic E-state index is -0.806. The first-order chi connectivity index (χ1) is 9.99. The minimum absolute atomic E-state index is 0.0703. The minimum Gasteiger partial charge on any atom is -0.469 e. The van der Waals surface area contributed by atoms with Crippen LogP contribution in [0.2, 0.25) is 0 Å². The molecule has 1 heterocycles. The Morgan fingerprint density at radius 2 is 2.00 bits per heavy atom. The third kappa shape index (κ3) is 3.93. The van der Waals surface area contributed by atoms with Crippen LogP contribution in [0.4, 0.5) is 4.39 Å². The Hall–Kier alpha value is -1.65. The monoisotopic (exact) mass is 291 g/mol. The van der Waals surface area contributed by atoms with Crippen LogP contribution in [0.1, 0.15) is 29.9 Å². The molecule has 0 bridgehead atoms. The van der Waals surface area contributed by atoms with Gasteiger partial charge in [0, 0.05) is 24.2 Å². The first-order valence-electron chi connectivity index (χ1n) is 7.13. The van der Waals surface area contributed by atoms with Crippen molar-refractivity contribution in [2.24, 2.45) is 5.92 Å². The summed E-state index contributed by atoms with van der Waals surface area (Å²) < 4.78 is 19.0. The molecule has 4 heteroatoms. The second kappa shape index (κ2) is 6.87. The van der Waals surface area contributed by atoms with Crippen molar-refractivity contribution in [3.8, 4) is 0 Å². The van der Waals surface area contributed by atoms with E-state index in [1.54, 1.807) is 24.5 Å². The highest BCUT2D eigenvalue weighted by Gasteiger charge is 2.21. The van der Waals surface area contributed by atoms with E-state index in [1.807, 2.05) is 27.0 Å². The lowest BCUT2D eigenvalue weighted by Crippen LogP contribution is -2.27. The topological polar surface area (TPSA) is 36.6 Å². The van der Waals surface area contributed by atoms with Gasteiger partial charge in [0.05, 0.1) is 12.4 Å². The lowest BCUT2D eigenvalue weighted by Gasteiger charge is -2.25. The fraction of sp³-hybridized carbons (Fsp3) is 0.412. The molecule has 3 nitrogen and oxygen atoms in total. The molecule has 21 heavy (non-hydrogen) atoms. The van der Waals surface area contributed by atoms with Crippen LogP contribution >= 0.6 is 0 Å². The zero-order valence-electron chi connectivity index (χ0n) is 12.7. The number of hydrogen-bond acceptors (Lipinski definition) is 3. The fourth-order valence-electron chi connectivity index (χ4n) is 2.54. The van der Waals surface area contributed by atoms with Crippen LogP contribution in [0, 0.1) is 18.7 Å². The fourth-order valence-corrected chi connectivity index (χ4v) is 2.54. The van der Waals surface area contributed by atoms with Gasteiger partial charge in [-0.05, 0) is 32.0 Å². The first-order valence-corrected chi connectivity index (χ1v) is 7.13. The third-order valence-electron chi connectivity index (χ3n) is 3.77. The molecule has 2 unspecified atom stereocenters. The van der Waals surface area contributed by atoms with E-state index in [4.69, 9.17) is 4.42 Å². The quantitative estimate of drug-likeness (QED) is 0.884. The highest BCUT2D eigenvalue weighted by atomic mass is 19.1. The predicted octanol–water partition coefficient (Wildman–Crippen LogP) is 3.53. The number of aliphatic hydroxyl groups excluding tert-OH is 1. The molecule has 1 N–H and O–H groups in total. The summed E-state index contributed by atoms with van der Waals surface area (Å²) in [4.78, 5) is 2.10. The van der Waals surface area contributed by atoms with Gasteiger partial charge >= 0.3 is 0 Å². The molecule has 1 aromatic heterocycles. The average Bonchev–Trinajstić information content (AvgIpc) is 2.84. The summed E-state index contributed by atoms with van der Waals surface area (Å²) in [6.07, 6.45) is 0.870. The van der Waals surface area contributed by atoms with E-state index in [1.165, 1.54) is 6.07 Å². The molecule has 0 aliphatic heterocycles. The van der Waals surface area contributed by atoms with E-state index in [0.717, 1.165) is 17.9 Å². The van der Waals surface area contributed by atoms with Crippen molar-refractivity contribution in [3.05, 3.63) is 59.3 Å². The Morgan fingerprint density at radius 1 is 1.29 bits per heavy atom. The normalized spacial score (nSPS) is 14.4. The number of halogens is 1. The maximum absolute atomic E-state index is 13.7. The summed E-state index contributed by atoms with van der Waals surface area (Å²) in [6, 6.07) is 8.33. The highest BCUT2D eigenvalue weighted by Crippen LogP contribution is 2.25. The Balaban J connectivity index is 1.96. The van der Waals surface area contributed by atoms with Gasteiger partial charge in [-0.25, -0.2) is 4.39 Å². The van der Waals surface area contributed by atoms with E-state index in [9.17, 15) is 9.50 Å². The molecular weight excluding hydrogens is 269 g/mol. The molecule has 0 radical (unpaired) electrons. The van der Waals surface area contributed by atoms with Gasteiger partial charge in [0.2, 0.25) is 0 Å². The van der Waals surface area contributed by atoms with Gasteiger partial charge in [-0.3, -0.25) is 0 Å². The Bertz CT molecular complexity index is 582. The molecule has 0 fully saturated rings. The number of aliphatic hydroxyl groups is 1. The van der Waals surface area contributed by atoms with E-state index in [2.05, 4.69) is 4.90 Å². The second-order valence-corrected chi connectivity index (χ2v) is 5.64. The van der Waals surface area contributed by atoms with Crippen LogP contribution in [-0.2, 0) is 6.54 Å². The van der Waals surface area contributed by atoms with Crippen molar-refractivity contribution >= 4 is 0 Å². The molecule has 2 rings (SSSR count). The summed E-state index contributed by atoms with van der Waals surface area (Å²) in [5, 5.41) is 10.3. The number of benzene rings is 1. The average molecular weight is 291 g/mol. The van der Waals surface area contributed by atoms with E-state index in [0.29, 0.717) is 12.1 Å². The van der Waals surface area contributed by atoms with Crippen LogP contribution in [0.3, 0.4) is 0 Å². The van der Waals surface area contributed by atoms with Crippen molar-refractivity contribution in [2.75, 3.05) is 13.6 Å². The SMILES string of the molecule is Cc1occc1CN(C)CC(C)C(O)c1ccccc1F. The van der Waals surface area contributed by atoms with Gasteiger partial charge in [-0.15, -0.1) is 0 Å². The molecule has 2 aromatic rings. The summed E-state index contributed by atoms with van der Waals surface area (Å²) >= 11 is 0. The maximum atomic E-state index is 13.7. The van der Waals surface area contributed by atoms with Gasteiger partial charge in [-0.2, -0.15) is 0 Å². The molecule has 1 aromatic carbocycles. The van der Waals surface area contributed by atoms with Crippen molar-refractivity contribution in [2.45, 2.75) is 26.5 Å². The summed E-state index contributed by atoms with van der Waals surface area (Å²) in [5.41, 5.74) is 1.49. The number of furan rings is 1. The molecule has 0 spiro atoms. The number of nitrogens with zero attached hydrogens (tertiary/aromatic N) is 1. The highest BCUT2D eigenvalue weighted by molar-refractivity contribution is 5.20. The molecule has 0 saturated heterocycles. The van der Waals surface area contributed by atoms with Crippen LogP contribution in [0.5, 0.6) is 0 Å². The van der Waals surface area contributed by atoms with Crippen LogP contribution in [-0.4, -0.2) is 23.6 Å². The second-order valence-electron chi connectivity index (χ2n) is 5.64. The molecule has 114 valence electrons. The van der Waals surface area contributed by atoms with Crippen molar-refractivity contribution < 1.29 is 13.9 Å². The third-order valence-corrected chi connectivity index (χ3v) is 3.77.